The third kappa shape index (κ3) is 2.18. The molecule has 4 rings (SSSR count). The summed E-state index contributed by atoms with van der Waals surface area (Å²) in [6.45, 7) is 3.47. The maximum Gasteiger partial charge on any atom is 0.332 e. The monoisotopic (exact) mass is 355 g/mol. The van der Waals surface area contributed by atoms with E-state index in [4.69, 9.17) is 4.74 Å². The second kappa shape index (κ2) is 5.76. The number of imidazole rings is 1. The Morgan fingerprint density at radius 1 is 1.12 bits per heavy atom. The van der Waals surface area contributed by atoms with Crippen molar-refractivity contribution in [3.8, 4) is 5.75 Å². The number of hydrogen-bond acceptors (Lipinski definition) is 5. The summed E-state index contributed by atoms with van der Waals surface area (Å²) in [6, 6.07) is 5.97. The molecule has 0 amide bonds. The minimum absolute atomic E-state index is 0.320. The highest BCUT2D eigenvalue weighted by Crippen LogP contribution is 2.37. The molecule has 2 aromatic heterocycles. The summed E-state index contributed by atoms with van der Waals surface area (Å²) in [5, 5.41) is 0. The van der Waals surface area contributed by atoms with E-state index in [1.165, 1.54) is 11.6 Å². The lowest BCUT2D eigenvalue weighted by atomic mass is 10.1. The second-order valence-corrected chi connectivity index (χ2v) is 6.62. The summed E-state index contributed by atoms with van der Waals surface area (Å²) in [4.78, 5) is 31.7. The van der Waals surface area contributed by atoms with Gasteiger partial charge in [0.2, 0.25) is 5.95 Å². The minimum atomic E-state index is -0.377. The van der Waals surface area contributed by atoms with Crippen LogP contribution in [0.2, 0.25) is 0 Å². The van der Waals surface area contributed by atoms with E-state index in [1.807, 2.05) is 29.7 Å². The van der Waals surface area contributed by atoms with Crippen molar-refractivity contribution >= 4 is 22.8 Å². The van der Waals surface area contributed by atoms with E-state index in [1.54, 1.807) is 14.2 Å². The first-order valence-corrected chi connectivity index (χ1v) is 8.52. The molecule has 0 bridgehead atoms. The third-order valence-corrected chi connectivity index (χ3v) is 4.96. The van der Waals surface area contributed by atoms with Gasteiger partial charge in [0.25, 0.3) is 5.56 Å². The summed E-state index contributed by atoms with van der Waals surface area (Å²) in [6.07, 6.45) is 0.863. The minimum Gasteiger partial charge on any atom is -0.495 e. The maximum atomic E-state index is 12.7. The molecule has 0 aliphatic carbocycles. The Morgan fingerprint density at radius 3 is 2.62 bits per heavy atom. The Kier molecular flexibility index (Phi) is 3.64. The first-order valence-electron chi connectivity index (χ1n) is 8.52. The molecule has 3 heterocycles. The van der Waals surface area contributed by atoms with Crippen LogP contribution in [0, 0.1) is 6.92 Å². The molecule has 0 radical (unpaired) electrons. The van der Waals surface area contributed by atoms with Gasteiger partial charge in [-0.25, -0.2) is 4.79 Å². The van der Waals surface area contributed by atoms with Crippen LogP contribution in [0.4, 0.5) is 11.6 Å². The number of benzene rings is 1. The molecule has 0 unspecified atom stereocenters. The topological polar surface area (TPSA) is 74.3 Å². The Balaban J connectivity index is 2.03. The van der Waals surface area contributed by atoms with E-state index in [2.05, 4.69) is 9.88 Å². The molecule has 8 nitrogen and oxygen atoms in total. The summed E-state index contributed by atoms with van der Waals surface area (Å²) in [5.74, 6) is 1.41. The number of methoxy groups -OCH3 is 1. The van der Waals surface area contributed by atoms with Crippen LogP contribution in [0.25, 0.3) is 11.2 Å². The highest BCUT2D eigenvalue weighted by Gasteiger charge is 2.27. The van der Waals surface area contributed by atoms with Gasteiger partial charge in [-0.3, -0.25) is 13.9 Å². The second-order valence-electron chi connectivity index (χ2n) is 6.62. The fourth-order valence-corrected chi connectivity index (χ4v) is 3.58. The average molecular weight is 355 g/mol. The molecule has 0 fully saturated rings. The van der Waals surface area contributed by atoms with E-state index < -0.39 is 0 Å². The standard InChI is InChI=1S/C18H21N5O3/c1-11-6-7-13(26-4)12(10-11)22-8-5-9-23-14-15(19-17(22)23)20(2)18(25)21(3)16(14)24/h6-7,10H,5,8-9H2,1-4H3. The van der Waals surface area contributed by atoms with Gasteiger partial charge >= 0.3 is 5.69 Å². The van der Waals surface area contributed by atoms with Crippen LogP contribution in [0.3, 0.4) is 0 Å². The zero-order valence-corrected chi connectivity index (χ0v) is 15.3. The normalized spacial score (nSPS) is 13.9. The third-order valence-electron chi connectivity index (χ3n) is 4.96. The van der Waals surface area contributed by atoms with Crippen molar-refractivity contribution in [2.45, 2.75) is 19.9 Å². The molecule has 0 N–H and O–H groups in total. The molecule has 1 aliphatic heterocycles. The lowest BCUT2D eigenvalue weighted by molar-refractivity contribution is 0.414. The lowest BCUT2D eigenvalue weighted by Crippen LogP contribution is -2.38. The number of hydrogen-bond donors (Lipinski definition) is 0. The lowest BCUT2D eigenvalue weighted by Gasteiger charge is -2.30. The van der Waals surface area contributed by atoms with Crippen molar-refractivity contribution in [2.75, 3.05) is 18.6 Å². The molecule has 0 saturated heterocycles. The molecule has 136 valence electrons. The summed E-state index contributed by atoms with van der Waals surface area (Å²) in [7, 11) is 4.77. The van der Waals surface area contributed by atoms with Crippen LogP contribution in [0.1, 0.15) is 12.0 Å². The van der Waals surface area contributed by atoms with Gasteiger partial charge in [0.05, 0.1) is 12.8 Å². The predicted molar refractivity (Wildman–Crippen MR) is 99.6 cm³/mol. The number of aromatic nitrogens is 4. The van der Waals surface area contributed by atoms with Crippen LogP contribution in [-0.2, 0) is 20.6 Å². The van der Waals surface area contributed by atoms with Crippen LogP contribution in [0.15, 0.2) is 27.8 Å². The number of fused-ring (bicyclic) bond motifs is 3. The maximum absolute atomic E-state index is 12.7. The Hall–Kier alpha value is -3.03. The van der Waals surface area contributed by atoms with Crippen molar-refractivity contribution in [2.24, 2.45) is 14.1 Å². The Labute approximate surface area is 149 Å². The van der Waals surface area contributed by atoms with Gasteiger partial charge in [0.1, 0.15) is 5.75 Å². The van der Waals surface area contributed by atoms with Crippen molar-refractivity contribution in [1.29, 1.82) is 0 Å². The zero-order chi connectivity index (χ0) is 18.6. The molecular weight excluding hydrogens is 334 g/mol. The van der Waals surface area contributed by atoms with Crippen LogP contribution in [-0.4, -0.2) is 32.3 Å². The van der Waals surface area contributed by atoms with Crippen LogP contribution < -0.4 is 20.9 Å². The molecule has 1 aliphatic rings. The van der Waals surface area contributed by atoms with Crippen molar-refractivity contribution in [3.05, 3.63) is 44.6 Å². The van der Waals surface area contributed by atoms with E-state index in [9.17, 15) is 9.59 Å². The fourth-order valence-electron chi connectivity index (χ4n) is 3.58. The highest BCUT2D eigenvalue weighted by atomic mass is 16.5. The van der Waals surface area contributed by atoms with Gasteiger partial charge in [-0.2, -0.15) is 4.98 Å². The van der Waals surface area contributed by atoms with Crippen molar-refractivity contribution in [1.82, 2.24) is 18.7 Å². The number of aryl methyl sites for hydroxylation is 3. The zero-order valence-electron chi connectivity index (χ0n) is 15.3. The van der Waals surface area contributed by atoms with E-state index in [-0.39, 0.29) is 11.2 Å². The summed E-state index contributed by atoms with van der Waals surface area (Å²) >= 11 is 0. The number of anilines is 2. The number of ether oxygens (including phenoxy) is 1. The van der Waals surface area contributed by atoms with Gasteiger partial charge in [-0.15, -0.1) is 0 Å². The molecule has 0 spiro atoms. The molecule has 26 heavy (non-hydrogen) atoms. The Morgan fingerprint density at radius 2 is 1.88 bits per heavy atom. The predicted octanol–water partition coefficient (Wildman–Crippen LogP) is 1.29. The summed E-state index contributed by atoms with van der Waals surface area (Å²) < 4.78 is 9.99. The first-order chi connectivity index (χ1) is 12.4. The van der Waals surface area contributed by atoms with E-state index in [0.717, 1.165) is 34.5 Å². The van der Waals surface area contributed by atoms with Gasteiger partial charge in [0.15, 0.2) is 11.2 Å². The number of nitrogens with zero attached hydrogens (tertiary/aromatic N) is 5. The largest absolute Gasteiger partial charge is 0.495 e. The molecule has 3 aromatic rings. The quantitative estimate of drug-likeness (QED) is 0.693. The van der Waals surface area contributed by atoms with Crippen LogP contribution >= 0.6 is 0 Å². The van der Waals surface area contributed by atoms with E-state index in [0.29, 0.717) is 23.7 Å². The van der Waals surface area contributed by atoms with E-state index >= 15 is 0 Å². The van der Waals surface area contributed by atoms with Crippen LogP contribution in [0.5, 0.6) is 5.75 Å². The first kappa shape index (κ1) is 16.4. The molecule has 1 aromatic carbocycles. The highest BCUT2D eigenvalue weighted by molar-refractivity contribution is 5.78. The average Bonchev–Trinajstić information content (AvgIpc) is 3.04. The van der Waals surface area contributed by atoms with Gasteiger partial charge in [0, 0.05) is 27.2 Å². The van der Waals surface area contributed by atoms with Gasteiger partial charge in [-0.05, 0) is 31.0 Å². The van der Waals surface area contributed by atoms with Gasteiger partial charge in [-0.1, -0.05) is 6.07 Å². The molecule has 8 heteroatoms. The molecular formula is C18H21N5O3. The summed E-state index contributed by atoms with van der Waals surface area (Å²) in [5.41, 5.74) is 2.19. The smallest absolute Gasteiger partial charge is 0.332 e. The molecule has 0 atom stereocenters. The van der Waals surface area contributed by atoms with Gasteiger partial charge < -0.3 is 14.2 Å². The SMILES string of the molecule is COc1ccc(C)cc1N1CCCn2c1nc1c2c(=O)n(C)c(=O)n1C. The molecule has 0 saturated carbocycles. The van der Waals surface area contributed by atoms with Crippen molar-refractivity contribution < 1.29 is 4.74 Å². The van der Waals surface area contributed by atoms with Crippen molar-refractivity contribution in [3.63, 3.8) is 0 Å². The Bertz CT molecular complexity index is 1140. The number of rotatable bonds is 2. The fraction of sp³-hybridized carbons (Fsp3) is 0.389.